The fourth-order valence-electron chi connectivity index (χ4n) is 7.07. The van der Waals surface area contributed by atoms with Crippen LogP contribution in [-0.2, 0) is 51.7 Å². The summed E-state index contributed by atoms with van der Waals surface area (Å²) in [6.07, 6.45) is -46.1. The van der Waals surface area contributed by atoms with E-state index in [0.29, 0.717) is 0 Å². The van der Waals surface area contributed by atoms with Crippen LogP contribution in [-0.4, -0.2) is 273 Å². The summed E-state index contributed by atoms with van der Waals surface area (Å²) in [6.45, 7) is -4.73. The molecule has 0 aliphatic carbocycles. The van der Waals surface area contributed by atoms with Gasteiger partial charge in [0, 0.05) is 0 Å². The van der Waals surface area contributed by atoms with E-state index in [0.717, 1.165) is 0 Å². The minimum Gasteiger partial charge on any atom is -0.394 e. The lowest BCUT2D eigenvalue weighted by atomic mass is 9.96. The Morgan fingerprint density at radius 3 is 1.37 bits per heavy atom. The van der Waals surface area contributed by atoms with Gasteiger partial charge in [0.15, 0.2) is 31.5 Å². The number of ether oxygens (including phenoxy) is 9. The summed E-state index contributed by atoms with van der Waals surface area (Å²) >= 11 is 0. The quantitative estimate of drug-likeness (QED) is 0.0678. The van der Waals surface area contributed by atoms with E-state index >= 15 is 0 Å². The van der Waals surface area contributed by atoms with Gasteiger partial charge in [0.25, 0.3) is 0 Å². The van der Waals surface area contributed by atoms with Gasteiger partial charge in [0.05, 0.1) is 39.1 Å². The van der Waals surface area contributed by atoms with E-state index in [2.05, 4.69) is 4.52 Å². The first kappa shape index (κ1) is 50.1. The molecule has 0 aromatic carbocycles. The van der Waals surface area contributed by atoms with E-state index in [4.69, 9.17) is 48.4 Å². The summed E-state index contributed by atoms with van der Waals surface area (Å²) in [5.74, 6) is 0. The molecule has 30 heteroatoms. The molecule has 0 radical (unpaired) electrons. The van der Waals surface area contributed by atoms with Crippen molar-refractivity contribution in [1.29, 1.82) is 0 Å². The second kappa shape index (κ2) is 21.0. The third kappa shape index (κ3) is 11.0. The van der Waals surface area contributed by atoms with E-state index in [1.165, 1.54) is 0 Å². The standard InChI is InChI=1S/C30H54NO28P/c31-11-16(39)23(8(3-34)52-26(11)46)57-28-22(45)18(41)14(37)9(55-28)4-50-29-24(19(42)13(36)7(2-33)54-29)59-30-25(20(43)15(38)10(56-30)5-51-60(47,48)49)58-27-21(44)17(40)12(35)6(1-32)53-27/h6-30,32-46H,1-5,31H2,(H2,47,48,49)/t6-,7-,8-,9-,10-,11-,12-,13-,14-,15-,16-,17+,18+,19+,20+,21+,22+,23-,24+,25+,26?,27-,28-,29+,30-/m1/s1. The molecule has 5 heterocycles. The van der Waals surface area contributed by atoms with Crippen molar-refractivity contribution >= 4 is 7.82 Å². The van der Waals surface area contributed by atoms with Gasteiger partial charge in [-0.25, -0.2) is 4.57 Å². The predicted molar refractivity (Wildman–Crippen MR) is 179 cm³/mol. The number of rotatable bonds is 15. The molecular weight excluding hydrogens is 853 g/mol. The molecular formula is C30H54NO28P. The molecule has 5 fully saturated rings. The van der Waals surface area contributed by atoms with Gasteiger partial charge in [-0.15, -0.1) is 0 Å². The Hall–Kier alpha value is -0.890. The molecule has 1 unspecified atom stereocenters. The maximum atomic E-state index is 11.5. The zero-order valence-electron chi connectivity index (χ0n) is 31.1. The number of phosphoric acid groups is 1. The van der Waals surface area contributed by atoms with Crippen LogP contribution in [0.3, 0.4) is 0 Å². The summed E-state index contributed by atoms with van der Waals surface area (Å²) in [5, 5.41) is 157. The van der Waals surface area contributed by atoms with Crippen molar-refractivity contribution in [3.05, 3.63) is 0 Å². The van der Waals surface area contributed by atoms with Crippen molar-refractivity contribution in [2.75, 3.05) is 33.0 Å². The topological polar surface area (TPSA) is 479 Å². The number of phosphoric ester groups is 1. The van der Waals surface area contributed by atoms with E-state index in [1.807, 2.05) is 0 Å². The first-order chi connectivity index (χ1) is 28.1. The van der Waals surface area contributed by atoms with E-state index < -0.39 is 194 Å². The molecule has 25 atom stereocenters. The average molecular weight is 908 g/mol. The van der Waals surface area contributed by atoms with E-state index in [-0.39, 0.29) is 0 Å². The summed E-state index contributed by atoms with van der Waals surface area (Å²) in [5.41, 5.74) is 5.73. The maximum Gasteiger partial charge on any atom is 0.469 e. The normalized spacial score (nSPS) is 50.7. The monoisotopic (exact) mass is 907 g/mol. The maximum absolute atomic E-state index is 11.5. The molecule has 29 nitrogen and oxygen atoms in total. The van der Waals surface area contributed by atoms with E-state index in [9.17, 15) is 90.9 Å². The Bertz CT molecular complexity index is 1390. The molecule has 0 amide bonds. The molecule has 5 aliphatic heterocycles. The zero-order valence-corrected chi connectivity index (χ0v) is 32.0. The predicted octanol–water partition coefficient (Wildman–Crippen LogP) is -11.8. The van der Waals surface area contributed by atoms with Gasteiger partial charge in [-0.3, -0.25) is 4.52 Å². The fraction of sp³-hybridized carbons (Fsp3) is 1.00. The van der Waals surface area contributed by atoms with Gasteiger partial charge in [0.1, 0.15) is 116 Å². The summed E-state index contributed by atoms with van der Waals surface area (Å²) in [4.78, 5) is 18.5. The van der Waals surface area contributed by atoms with Gasteiger partial charge < -0.3 is 135 Å². The summed E-state index contributed by atoms with van der Waals surface area (Å²) in [7, 11) is -5.24. The smallest absolute Gasteiger partial charge is 0.394 e. The lowest BCUT2D eigenvalue weighted by molar-refractivity contribution is -0.396. The number of aliphatic hydroxyl groups excluding tert-OH is 15. The Labute approximate surface area is 338 Å². The molecule has 5 aliphatic rings. The Morgan fingerprint density at radius 2 is 0.833 bits per heavy atom. The van der Waals surface area contributed by atoms with Crippen LogP contribution in [0.4, 0.5) is 0 Å². The van der Waals surface area contributed by atoms with Crippen LogP contribution in [0, 0.1) is 0 Å². The van der Waals surface area contributed by atoms with Gasteiger partial charge in [-0.05, 0) is 0 Å². The van der Waals surface area contributed by atoms with Gasteiger partial charge in [0.2, 0.25) is 0 Å². The highest BCUT2D eigenvalue weighted by Crippen LogP contribution is 2.39. The minimum absolute atomic E-state index is 0.834. The SMILES string of the molecule is N[C@H]1C(O)O[C@H](CO)[C@@H](O[C@H]2O[C@H](CO[C@H]3O[C@H](CO)[C@@H](O)[C@H](O)[C@@H]3O[C@H]3O[C@H](COP(=O)(O)O)[C@@H](O)[C@H](O)[C@@H]3O[C@H]3O[C@H](CO)[C@@H](O)[C@H](O)[C@@H]3O)[C@@H](O)[C@H](O)[C@@H]2O)[C@@H]1O. The first-order valence-electron chi connectivity index (χ1n) is 18.4. The van der Waals surface area contributed by atoms with Crippen LogP contribution in [0.15, 0.2) is 0 Å². The van der Waals surface area contributed by atoms with Gasteiger partial charge >= 0.3 is 7.82 Å². The van der Waals surface area contributed by atoms with Crippen LogP contribution in [0.5, 0.6) is 0 Å². The number of aliphatic hydroxyl groups is 15. The van der Waals surface area contributed by atoms with Crippen LogP contribution in [0.1, 0.15) is 0 Å². The Kier molecular flexibility index (Phi) is 17.5. The van der Waals surface area contributed by atoms with Crippen molar-refractivity contribution in [3.63, 3.8) is 0 Å². The highest BCUT2D eigenvalue weighted by molar-refractivity contribution is 7.46. The van der Waals surface area contributed by atoms with E-state index in [1.54, 1.807) is 0 Å². The molecule has 60 heavy (non-hydrogen) atoms. The highest BCUT2D eigenvalue weighted by Gasteiger charge is 2.56. The molecule has 5 rings (SSSR count). The number of nitrogens with two attached hydrogens (primary N) is 1. The molecule has 0 aromatic rings. The molecule has 0 spiro atoms. The fourth-order valence-corrected chi connectivity index (χ4v) is 7.42. The summed E-state index contributed by atoms with van der Waals surface area (Å²) in [6, 6.07) is -1.47. The Balaban J connectivity index is 1.38. The van der Waals surface area contributed by atoms with Crippen LogP contribution < -0.4 is 5.73 Å². The van der Waals surface area contributed by atoms with Crippen molar-refractivity contribution in [2.45, 2.75) is 153 Å². The third-order valence-corrected chi connectivity index (χ3v) is 11.1. The van der Waals surface area contributed by atoms with Crippen LogP contribution in [0.25, 0.3) is 0 Å². The van der Waals surface area contributed by atoms with Crippen molar-refractivity contribution in [3.8, 4) is 0 Å². The lowest BCUT2D eigenvalue weighted by Crippen LogP contribution is -2.67. The Morgan fingerprint density at radius 1 is 0.433 bits per heavy atom. The molecule has 0 bridgehead atoms. The largest absolute Gasteiger partial charge is 0.469 e. The van der Waals surface area contributed by atoms with Gasteiger partial charge in [-0.1, -0.05) is 0 Å². The van der Waals surface area contributed by atoms with Crippen molar-refractivity contribution < 1.29 is 138 Å². The van der Waals surface area contributed by atoms with Gasteiger partial charge in [-0.2, -0.15) is 0 Å². The van der Waals surface area contributed by atoms with Crippen molar-refractivity contribution in [1.82, 2.24) is 0 Å². The molecule has 0 saturated carbocycles. The van der Waals surface area contributed by atoms with Crippen LogP contribution >= 0.6 is 7.82 Å². The number of hydrogen-bond donors (Lipinski definition) is 18. The second-order valence-corrected chi connectivity index (χ2v) is 15.9. The number of hydrogen-bond acceptors (Lipinski definition) is 27. The molecule has 19 N–H and O–H groups in total. The summed E-state index contributed by atoms with van der Waals surface area (Å²) < 4.78 is 65.9. The molecule has 5 saturated heterocycles. The third-order valence-electron chi connectivity index (χ3n) is 10.6. The molecule has 0 aromatic heterocycles. The minimum atomic E-state index is -5.24. The molecule has 352 valence electrons. The average Bonchev–Trinajstić information content (AvgIpc) is 3.21. The zero-order chi connectivity index (χ0) is 44.5. The van der Waals surface area contributed by atoms with Crippen molar-refractivity contribution in [2.24, 2.45) is 5.73 Å². The highest BCUT2D eigenvalue weighted by atomic mass is 31.2. The first-order valence-corrected chi connectivity index (χ1v) is 20.0. The second-order valence-electron chi connectivity index (χ2n) is 14.7. The lowest BCUT2D eigenvalue weighted by Gasteiger charge is -2.49. The van der Waals surface area contributed by atoms with Crippen LogP contribution in [0.2, 0.25) is 0 Å².